The first-order valence-corrected chi connectivity index (χ1v) is 6.68. The summed E-state index contributed by atoms with van der Waals surface area (Å²) in [4.78, 5) is 21.0. The fourth-order valence-corrected chi connectivity index (χ4v) is 2.91. The zero-order chi connectivity index (χ0) is 13.5. The lowest BCUT2D eigenvalue weighted by molar-refractivity contribution is -0.116. The molecule has 20 heavy (non-hydrogen) atoms. The minimum Gasteiger partial charge on any atom is -0.328 e. The van der Waals surface area contributed by atoms with Crippen LogP contribution in [0.15, 0.2) is 42.0 Å². The van der Waals surface area contributed by atoms with Crippen molar-refractivity contribution in [3.63, 3.8) is 0 Å². The summed E-state index contributed by atoms with van der Waals surface area (Å²) in [5.74, 6) is 0.852. The van der Waals surface area contributed by atoms with Crippen LogP contribution < -0.4 is 5.32 Å². The number of nitrogens with zero attached hydrogens (tertiary/aromatic N) is 4. The molecule has 1 aliphatic carbocycles. The summed E-state index contributed by atoms with van der Waals surface area (Å²) >= 11 is 0. The highest BCUT2D eigenvalue weighted by Gasteiger charge is 2.36. The van der Waals surface area contributed by atoms with Crippen molar-refractivity contribution in [2.75, 3.05) is 5.32 Å². The van der Waals surface area contributed by atoms with Gasteiger partial charge in [-0.15, -0.1) is 0 Å². The molecule has 1 unspecified atom stereocenters. The molecule has 0 bridgehead atoms. The summed E-state index contributed by atoms with van der Waals surface area (Å²) in [5.41, 5.74) is 2.58. The molecular weight excluding hydrogens is 254 g/mol. The minimum absolute atomic E-state index is 0.176. The van der Waals surface area contributed by atoms with E-state index >= 15 is 0 Å². The molecule has 0 fully saturated rings. The third-order valence-corrected chi connectivity index (χ3v) is 3.78. The highest BCUT2D eigenvalue weighted by atomic mass is 16.1. The standard InChI is InChI=1S/C14H13N5O/c20-11-6-3-5-9-12(11)13(10-4-1-2-7-15-10)19-14(18-9)16-8-17-19/h1-2,4,7-8,13H,3,5-6H2,(H,16,17,18). The van der Waals surface area contributed by atoms with Crippen LogP contribution >= 0.6 is 0 Å². The number of anilines is 1. The van der Waals surface area contributed by atoms with Gasteiger partial charge in [-0.25, -0.2) is 4.68 Å². The molecule has 1 aliphatic heterocycles. The Morgan fingerprint density at radius 2 is 2.20 bits per heavy atom. The van der Waals surface area contributed by atoms with Gasteiger partial charge in [0.1, 0.15) is 12.4 Å². The average molecular weight is 267 g/mol. The molecular formula is C14H13N5O. The van der Waals surface area contributed by atoms with Crippen molar-refractivity contribution in [1.82, 2.24) is 19.7 Å². The van der Waals surface area contributed by atoms with Gasteiger partial charge in [0.15, 0.2) is 5.78 Å². The Hall–Kier alpha value is -2.50. The lowest BCUT2D eigenvalue weighted by Gasteiger charge is -2.31. The first-order chi connectivity index (χ1) is 9.84. The third kappa shape index (κ3) is 1.57. The summed E-state index contributed by atoms with van der Waals surface area (Å²) in [5, 5.41) is 7.49. The van der Waals surface area contributed by atoms with Gasteiger partial charge in [0.2, 0.25) is 5.95 Å². The van der Waals surface area contributed by atoms with Gasteiger partial charge in [-0.1, -0.05) is 6.07 Å². The molecule has 0 radical (unpaired) electrons. The Kier molecular flexibility index (Phi) is 2.42. The molecule has 0 amide bonds. The SMILES string of the molecule is O=C1CCCC2=C1C(c1ccccn1)n1ncnc1N2. The lowest BCUT2D eigenvalue weighted by Crippen LogP contribution is -2.31. The van der Waals surface area contributed by atoms with Crippen molar-refractivity contribution < 1.29 is 4.79 Å². The molecule has 0 saturated carbocycles. The van der Waals surface area contributed by atoms with Gasteiger partial charge in [-0.3, -0.25) is 9.78 Å². The van der Waals surface area contributed by atoms with Crippen molar-refractivity contribution in [2.45, 2.75) is 25.3 Å². The maximum atomic E-state index is 12.4. The Bertz CT molecular complexity index is 703. The molecule has 6 heteroatoms. The molecule has 6 nitrogen and oxygen atoms in total. The van der Waals surface area contributed by atoms with Crippen LogP contribution in [0.2, 0.25) is 0 Å². The van der Waals surface area contributed by atoms with E-state index in [4.69, 9.17) is 0 Å². The summed E-state index contributed by atoms with van der Waals surface area (Å²) in [7, 11) is 0. The maximum Gasteiger partial charge on any atom is 0.226 e. The number of allylic oxidation sites excluding steroid dienone is 2. The molecule has 1 N–H and O–H groups in total. The monoisotopic (exact) mass is 267 g/mol. The number of fused-ring (bicyclic) bond motifs is 1. The van der Waals surface area contributed by atoms with Crippen LogP contribution in [0.3, 0.4) is 0 Å². The quantitative estimate of drug-likeness (QED) is 0.851. The van der Waals surface area contributed by atoms with E-state index in [1.54, 1.807) is 10.9 Å². The molecule has 1 atom stereocenters. The predicted molar refractivity (Wildman–Crippen MR) is 71.9 cm³/mol. The second-order valence-electron chi connectivity index (χ2n) is 4.98. The normalized spacial score (nSPS) is 21.2. The van der Waals surface area contributed by atoms with Gasteiger partial charge in [0, 0.05) is 23.9 Å². The van der Waals surface area contributed by atoms with Crippen molar-refractivity contribution in [3.8, 4) is 0 Å². The number of aromatic nitrogens is 4. The smallest absolute Gasteiger partial charge is 0.226 e. The third-order valence-electron chi connectivity index (χ3n) is 3.78. The molecule has 4 rings (SSSR count). The Morgan fingerprint density at radius 3 is 3.05 bits per heavy atom. The predicted octanol–water partition coefficient (Wildman–Crippen LogP) is 1.70. The van der Waals surface area contributed by atoms with E-state index in [9.17, 15) is 4.79 Å². The van der Waals surface area contributed by atoms with Gasteiger partial charge in [0.05, 0.1) is 5.69 Å². The maximum absolute atomic E-state index is 12.4. The van der Waals surface area contributed by atoms with Gasteiger partial charge in [0.25, 0.3) is 0 Å². The van der Waals surface area contributed by atoms with Gasteiger partial charge < -0.3 is 5.32 Å². The molecule has 0 aromatic carbocycles. The summed E-state index contributed by atoms with van der Waals surface area (Å²) in [6, 6.07) is 5.45. The first-order valence-electron chi connectivity index (χ1n) is 6.68. The van der Waals surface area contributed by atoms with E-state index in [0.717, 1.165) is 29.8 Å². The van der Waals surface area contributed by atoms with Crippen molar-refractivity contribution in [3.05, 3.63) is 47.7 Å². The van der Waals surface area contributed by atoms with E-state index in [1.807, 2.05) is 18.2 Å². The number of carbonyl (C=O) groups is 1. The van der Waals surface area contributed by atoms with Gasteiger partial charge in [-0.05, 0) is 25.0 Å². The van der Waals surface area contributed by atoms with Crippen LogP contribution in [0, 0.1) is 0 Å². The number of nitrogens with one attached hydrogen (secondary N) is 1. The summed E-state index contributed by atoms with van der Waals surface area (Å²) < 4.78 is 1.74. The number of pyridine rings is 1. The molecule has 2 aromatic rings. The highest BCUT2D eigenvalue weighted by molar-refractivity contribution is 5.99. The van der Waals surface area contributed by atoms with Crippen LogP contribution in [-0.4, -0.2) is 25.5 Å². The van der Waals surface area contributed by atoms with Crippen molar-refractivity contribution >= 4 is 11.7 Å². The van der Waals surface area contributed by atoms with E-state index < -0.39 is 0 Å². The molecule has 0 saturated heterocycles. The highest BCUT2D eigenvalue weighted by Crippen LogP contribution is 2.38. The Labute approximate surface area is 115 Å². The molecule has 3 heterocycles. The Balaban J connectivity index is 1.93. The van der Waals surface area contributed by atoms with Crippen molar-refractivity contribution in [2.24, 2.45) is 0 Å². The van der Waals surface area contributed by atoms with Crippen molar-refractivity contribution in [1.29, 1.82) is 0 Å². The number of hydrogen-bond donors (Lipinski definition) is 1. The van der Waals surface area contributed by atoms with E-state index in [0.29, 0.717) is 12.4 Å². The second-order valence-corrected chi connectivity index (χ2v) is 4.98. The summed E-state index contributed by atoms with van der Waals surface area (Å²) in [6.45, 7) is 0. The van der Waals surface area contributed by atoms with E-state index in [-0.39, 0.29) is 11.8 Å². The first kappa shape index (κ1) is 11.3. The fourth-order valence-electron chi connectivity index (χ4n) is 2.91. The van der Waals surface area contributed by atoms with Crippen LogP contribution in [0.25, 0.3) is 0 Å². The van der Waals surface area contributed by atoms with Gasteiger partial charge >= 0.3 is 0 Å². The number of rotatable bonds is 1. The molecule has 2 aliphatic rings. The largest absolute Gasteiger partial charge is 0.328 e. The Morgan fingerprint density at radius 1 is 1.25 bits per heavy atom. The molecule has 0 spiro atoms. The minimum atomic E-state index is -0.266. The zero-order valence-electron chi connectivity index (χ0n) is 10.8. The van der Waals surface area contributed by atoms with E-state index in [2.05, 4.69) is 20.4 Å². The number of Topliss-reactive ketones (excluding diaryl/α,β-unsaturated/α-hetero) is 1. The zero-order valence-corrected chi connectivity index (χ0v) is 10.8. The number of ketones is 1. The molecule has 2 aromatic heterocycles. The van der Waals surface area contributed by atoms with Gasteiger partial charge in [-0.2, -0.15) is 10.1 Å². The number of hydrogen-bond acceptors (Lipinski definition) is 5. The number of carbonyl (C=O) groups excluding carboxylic acids is 1. The van der Waals surface area contributed by atoms with Crippen LogP contribution in [0.5, 0.6) is 0 Å². The van der Waals surface area contributed by atoms with Crippen LogP contribution in [-0.2, 0) is 4.79 Å². The second kappa shape index (κ2) is 4.26. The fraction of sp³-hybridized carbons (Fsp3) is 0.286. The topological polar surface area (TPSA) is 72.7 Å². The molecule has 100 valence electrons. The average Bonchev–Trinajstić information content (AvgIpc) is 2.94. The van der Waals surface area contributed by atoms with E-state index in [1.165, 1.54) is 6.33 Å². The van der Waals surface area contributed by atoms with Crippen LogP contribution in [0.1, 0.15) is 31.0 Å². The summed E-state index contributed by atoms with van der Waals surface area (Å²) in [6.07, 6.45) is 5.58. The van der Waals surface area contributed by atoms with Crippen LogP contribution in [0.4, 0.5) is 5.95 Å². The lowest BCUT2D eigenvalue weighted by atomic mass is 9.87.